The molecule has 128 valence electrons. The van der Waals surface area contributed by atoms with E-state index in [4.69, 9.17) is 0 Å². The van der Waals surface area contributed by atoms with Crippen molar-refractivity contribution in [2.24, 2.45) is 0 Å². The smallest absolute Gasteiger partial charge is 0.268 e. The van der Waals surface area contributed by atoms with E-state index in [1.54, 1.807) is 25.2 Å². The van der Waals surface area contributed by atoms with Crippen LogP contribution in [-0.4, -0.2) is 44.6 Å². The third kappa shape index (κ3) is 3.14. The van der Waals surface area contributed by atoms with Crippen molar-refractivity contribution < 1.29 is 18.0 Å². The molecule has 2 amide bonds. The number of nitrogens with zero attached hydrogens (tertiary/aromatic N) is 1. The Kier molecular flexibility index (Phi) is 4.08. The van der Waals surface area contributed by atoms with Gasteiger partial charge in [0, 0.05) is 37.2 Å². The fourth-order valence-corrected chi connectivity index (χ4v) is 3.90. The van der Waals surface area contributed by atoms with Gasteiger partial charge in [0.1, 0.15) is 5.69 Å². The van der Waals surface area contributed by atoms with Crippen LogP contribution in [0.1, 0.15) is 28.5 Å². The van der Waals surface area contributed by atoms with Crippen LogP contribution >= 0.6 is 0 Å². The van der Waals surface area contributed by atoms with Gasteiger partial charge in [-0.2, -0.15) is 0 Å². The minimum atomic E-state index is -3.13. The number of sulfone groups is 1. The Morgan fingerprint density at radius 2 is 2.12 bits per heavy atom. The molecule has 0 bridgehead atoms. The number of carbonyl (C=O) groups excluding carboxylic acids is 2. The molecule has 8 heteroatoms. The van der Waals surface area contributed by atoms with Crippen LogP contribution in [-0.2, 0) is 20.4 Å². The molecule has 0 radical (unpaired) electrons. The van der Waals surface area contributed by atoms with E-state index in [9.17, 15) is 18.0 Å². The molecule has 0 spiro atoms. The number of carbonyl (C=O) groups is 2. The van der Waals surface area contributed by atoms with Gasteiger partial charge >= 0.3 is 0 Å². The zero-order chi connectivity index (χ0) is 17.5. The fraction of sp³-hybridized carbons (Fsp3) is 0.375. The van der Waals surface area contributed by atoms with E-state index in [0.29, 0.717) is 17.8 Å². The second-order valence-electron chi connectivity index (χ2n) is 6.10. The molecule has 2 N–H and O–H groups in total. The van der Waals surface area contributed by atoms with Gasteiger partial charge in [0.2, 0.25) is 5.91 Å². The Morgan fingerprint density at radius 3 is 2.79 bits per heavy atom. The van der Waals surface area contributed by atoms with E-state index in [-0.39, 0.29) is 30.0 Å². The van der Waals surface area contributed by atoms with Crippen molar-refractivity contribution >= 4 is 32.6 Å². The third-order valence-corrected chi connectivity index (χ3v) is 4.99. The summed E-state index contributed by atoms with van der Waals surface area (Å²) in [6.07, 6.45) is 1.45. The van der Waals surface area contributed by atoms with Crippen molar-refractivity contribution in [1.82, 2.24) is 15.2 Å². The lowest BCUT2D eigenvalue weighted by Crippen LogP contribution is -2.40. The number of nitrogens with one attached hydrogen (secondary N) is 2. The topological polar surface area (TPSA) is 97.3 Å². The Morgan fingerprint density at radius 1 is 1.38 bits per heavy atom. The number of fused-ring (bicyclic) bond motifs is 3. The average Bonchev–Trinajstić information content (AvgIpc) is 2.88. The van der Waals surface area contributed by atoms with Crippen LogP contribution in [0.5, 0.6) is 0 Å². The molecule has 1 aromatic carbocycles. The predicted molar refractivity (Wildman–Crippen MR) is 90.5 cm³/mol. The van der Waals surface area contributed by atoms with Gasteiger partial charge in [0.05, 0.1) is 11.8 Å². The first-order valence-corrected chi connectivity index (χ1v) is 9.65. The van der Waals surface area contributed by atoms with E-state index < -0.39 is 9.84 Å². The van der Waals surface area contributed by atoms with Crippen LogP contribution in [0.2, 0.25) is 0 Å². The molecular weight excluding hydrogens is 330 g/mol. The molecule has 1 aliphatic rings. The molecule has 0 saturated heterocycles. The lowest BCUT2D eigenvalue weighted by atomic mass is 10.1. The second-order valence-corrected chi connectivity index (χ2v) is 8.24. The molecule has 24 heavy (non-hydrogen) atoms. The van der Waals surface area contributed by atoms with Gasteiger partial charge < -0.3 is 15.2 Å². The van der Waals surface area contributed by atoms with Gasteiger partial charge in [-0.25, -0.2) is 8.42 Å². The Labute approximate surface area is 139 Å². The Balaban J connectivity index is 2.07. The highest BCUT2D eigenvalue weighted by Gasteiger charge is 2.28. The van der Waals surface area contributed by atoms with E-state index >= 15 is 0 Å². The summed E-state index contributed by atoms with van der Waals surface area (Å²) in [7, 11) is -1.55. The van der Waals surface area contributed by atoms with Crippen LogP contribution in [0.3, 0.4) is 0 Å². The van der Waals surface area contributed by atoms with Gasteiger partial charge in [-0.3, -0.25) is 9.59 Å². The highest BCUT2D eigenvalue weighted by molar-refractivity contribution is 7.89. The average molecular weight is 349 g/mol. The van der Waals surface area contributed by atoms with Crippen molar-refractivity contribution in [3.05, 3.63) is 35.5 Å². The van der Waals surface area contributed by atoms with Crippen molar-refractivity contribution in [2.45, 2.75) is 18.2 Å². The van der Waals surface area contributed by atoms with Crippen molar-refractivity contribution in [3.63, 3.8) is 0 Å². The molecule has 0 fully saturated rings. The van der Waals surface area contributed by atoms with Crippen molar-refractivity contribution in [2.75, 3.05) is 19.8 Å². The number of benzene rings is 1. The first kappa shape index (κ1) is 16.5. The van der Waals surface area contributed by atoms with Crippen LogP contribution in [0.15, 0.2) is 24.3 Å². The maximum atomic E-state index is 12.1. The molecule has 7 nitrogen and oxygen atoms in total. The lowest BCUT2D eigenvalue weighted by molar-refractivity contribution is -0.121. The van der Waals surface area contributed by atoms with Crippen LogP contribution in [0.25, 0.3) is 10.9 Å². The zero-order valence-electron chi connectivity index (χ0n) is 13.5. The maximum Gasteiger partial charge on any atom is 0.268 e. The Hall–Kier alpha value is -2.35. The summed E-state index contributed by atoms with van der Waals surface area (Å²) in [5, 5.41) is 6.19. The number of aromatic nitrogens is 1. The summed E-state index contributed by atoms with van der Waals surface area (Å²) in [4.78, 5) is 23.9. The molecule has 0 saturated carbocycles. The van der Waals surface area contributed by atoms with Crippen molar-refractivity contribution in [1.29, 1.82) is 0 Å². The molecule has 3 rings (SSSR count). The molecule has 1 unspecified atom stereocenters. The normalized spacial score (nSPS) is 17.4. The Bertz CT molecular complexity index is 930. The van der Waals surface area contributed by atoms with Crippen LogP contribution < -0.4 is 10.6 Å². The number of rotatable bonds is 4. The maximum absolute atomic E-state index is 12.1. The number of hydrogen-bond acceptors (Lipinski definition) is 4. The number of amides is 2. The van der Waals surface area contributed by atoms with Crippen LogP contribution in [0, 0.1) is 0 Å². The van der Waals surface area contributed by atoms with Crippen LogP contribution in [0.4, 0.5) is 0 Å². The van der Waals surface area contributed by atoms with Gasteiger partial charge in [0.15, 0.2) is 9.84 Å². The largest absolute Gasteiger partial charge is 0.359 e. The molecule has 1 aliphatic heterocycles. The summed E-state index contributed by atoms with van der Waals surface area (Å²) in [6, 6.07) is 6.92. The van der Waals surface area contributed by atoms with E-state index in [1.165, 1.54) is 6.26 Å². The lowest BCUT2D eigenvalue weighted by Gasteiger charge is -2.26. The fourth-order valence-electron chi connectivity index (χ4n) is 3.12. The molecule has 2 heterocycles. The molecule has 1 aromatic heterocycles. The number of hydrogen-bond donors (Lipinski definition) is 2. The minimum Gasteiger partial charge on any atom is -0.359 e. The quantitative estimate of drug-likeness (QED) is 0.845. The van der Waals surface area contributed by atoms with Gasteiger partial charge in [-0.1, -0.05) is 6.07 Å². The van der Waals surface area contributed by atoms with Gasteiger partial charge in [-0.05, 0) is 23.8 Å². The SMILES string of the molecule is CNC(=O)CC1CNC(=O)c2cc3cc(CS(C)(=O)=O)ccc3n21. The monoisotopic (exact) mass is 349 g/mol. The predicted octanol–water partition coefficient (Wildman–Crippen LogP) is 0.606. The summed E-state index contributed by atoms with van der Waals surface area (Å²) in [5.41, 5.74) is 1.99. The highest BCUT2D eigenvalue weighted by atomic mass is 32.2. The van der Waals surface area contributed by atoms with Gasteiger partial charge in [0.25, 0.3) is 5.91 Å². The minimum absolute atomic E-state index is 0.0443. The molecular formula is C16H19N3O4S. The summed E-state index contributed by atoms with van der Waals surface area (Å²) in [6.45, 7) is 0.383. The molecule has 1 atom stereocenters. The van der Waals surface area contributed by atoms with E-state index in [2.05, 4.69) is 10.6 Å². The third-order valence-electron chi connectivity index (χ3n) is 4.13. The van der Waals surface area contributed by atoms with E-state index in [0.717, 1.165) is 10.9 Å². The molecule has 2 aromatic rings. The first-order valence-electron chi connectivity index (χ1n) is 7.59. The first-order chi connectivity index (χ1) is 11.3. The van der Waals surface area contributed by atoms with Gasteiger partial charge in [-0.15, -0.1) is 0 Å². The standard InChI is InChI=1S/C16H19N3O4S/c1-17-15(20)7-12-8-18-16(21)14-6-11-5-10(9-24(2,22)23)3-4-13(11)19(12)14/h3-6,12H,7-9H2,1-2H3,(H,17,20)(H,18,21). The summed E-state index contributed by atoms with van der Waals surface area (Å²) < 4.78 is 24.8. The summed E-state index contributed by atoms with van der Waals surface area (Å²) >= 11 is 0. The van der Waals surface area contributed by atoms with E-state index in [1.807, 2.05) is 10.6 Å². The summed E-state index contributed by atoms with van der Waals surface area (Å²) in [5.74, 6) is -0.334. The molecule has 0 aliphatic carbocycles. The van der Waals surface area contributed by atoms with Crippen molar-refractivity contribution in [3.8, 4) is 0 Å². The zero-order valence-corrected chi connectivity index (χ0v) is 14.3. The highest BCUT2D eigenvalue weighted by Crippen LogP contribution is 2.29. The second kappa shape index (κ2) is 5.94.